The van der Waals surface area contributed by atoms with Crippen molar-refractivity contribution >= 4 is 49.2 Å². The monoisotopic (exact) mass is 393 g/mol. The molecule has 2 aromatic rings. The Bertz CT molecular complexity index is 572. The molecule has 0 aliphatic heterocycles. The molecule has 7 heteroatoms. The molecular weight excluding hydrogens is 386 g/mol. The Hall–Kier alpha value is -0.660. The van der Waals surface area contributed by atoms with Crippen molar-refractivity contribution in [1.82, 2.24) is 4.98 Å². The second kappa shape index (κ2) is 5.54. The normalized spacial score (nSPS) is 10.7. The van der Waals surface area contributed by atoms with Gasteiger partial charge in [-0.3, -0.25) is 0 Å². The zero-order valence-electron chi connectivity index (χ0n) is 9.62. The number of carbonyl (C=O) groups excluding carboxylic acids is 1. The maximum absolute atomic E-state index is 11.7. The van der Waals surface area contributed by atoms with E-state index in [4.69, 9.17) is 9.15 Å². The molecule has 0 amide bonds. The van der Waals surface area contributed by atoms with Crippen LogP contribution in [0.2, 0.25) is 0 Å². The summed E-state index contributed by atoms with van der Waals surface area (Å²) in [6.45, 7) is 3.94. The average Bonchev–Trinajstić information content (AvgIpc) is 2.84. The highest BCUT2D eigenvalue weighted by molar-refractivity contribution is 9.13. The molecule has 96 valence electrons. The van der Waals surface area contributed by atoms with Crippen LogP contribution < -0.4 is 0 Å². The highest BCUT2D eigenvalue weighted by atomic mass is 79.9. The number of thiazole rings is 1. The Morgan fingerprint density at radius 3 is 2.83 bits per heavy atom. The zero-order valence-corrected chi connectivity index (χ0v) is 13.6. The van der Waals surface area contributed by atoms with Crippen molar-refractivity contribution in [2.75, 3.05) is 6.61 Å². The van der Waals surface area contributed by atoms with Gasteiger partial charge in [0.05, 0.1) is 11.1 Å². The number of aromatic nitrogens is 1. The first kappa shape index (κ1) is 13.8. The molecule has 0 N–H and O–H groups in total. The number of hydrogen-bond acceptors (Lipinski definition) is 5. The highest BCUT2D eigenvalue weighted by Gasteiger charge is 2.19. The second-order valence-corrected chi connectivity index (χ2v) is 6.15. The van der Waals surface area contributed by atoms with Crippen LogP contribution in [0, 0.1) is 6.92 Å². The molecule has 0 bridgehead atoms. The molecule has 2 rings (SSSR count). The lowest BCUT2D eigenvalue weighted by Crippen LogP contribution is -2.06. The maximum atomic E-state index is 11.7. The summed E-state index contributed by atoms with van der Waals surface area (Å²) < 4.78 is 11.8. The first-order chi connectivity index (χ1) is 8.52. The number of halogens is 2. The van der Waals surface area contributed by atoms with Crippen LogP contribution >= 0.6 is 43.2 Å². The van der Waals surface area contributed by atoms with Crippen molar-refractivity contribution in [2.45, 2.75) is 13.8 Å². The van der Waals surface area contributed by atoms with Gasteiger partial charge in [0.2, 0.25) is 0 Å². The minimum atomic E-state index is -0.401. The predicted octanol–water partition coefficient (Wildman–Crippen LogP) is 4.41. The van der Waals surface area contributed by atoms with E-state index in [2.05, 4.69) is 36.8 Å². The van der Waals surface area contributed by atoms with E-state index >= 15 is 0 Å². The van der Waals surface area contributed by atoms with Crippen molar-refractivity contribution in [3.05, 3.63) is 25.8 Å². The summed E-state index contributed by atoms with van der Waals surface area (Å²) in [4.78, 5) is 16.7. The third-order valence-corrected chi connectivity index (χ3v) is 4.82. The number of furan rings is 1. The standard InChI is InChI=1S/C11H9Br2NO3S/c1-3-16-11(15)8-5(2)18-10(14-8)7-4-6(12)9(13)17-7/h4H,3H2,1-2H3. The summed E-state index contributed by atoms with van der Waals surface area (Å²) in [6.07, 6.45) is 0. The van der Waals surface area contributed by atoms with E-state index < -0.39 is 5.97 Å². The van der Waals surface area contributed by atoms with Crippen molar-refractivity contribution in [3.8, 4) is 10.8 Å². The number of aryl methyl sites for hydroxylation is 1. The van der Waals surface area contributed by atoms with Crippen LogP contribution in [0.4, 0.5) is 0 Å². The first-order valence-electron chi connectivity index (χ1n) is 5.12. The summed E-state index contributed by atoms with van der Waals surface area (Å²) in [5.41, 5.74) is 0.348. The van der Waals surface area contributed by atoms with Gasteiger partial charge < -0.3 is 9.15 Å². The summed E-state index contributed by atoms with van der Waals surface area (Å²) in [6, 6.07) is 1.80. The summed E-state index contributed by atoms with van der Waals surface area (Å²) in [5, 5.41) is 0.655. The first-order valence-corrected chi connectivity index (χ1v) is 7.53. The van der Waals surface area contributed by atoms with Crippen LogP contribution in [0.1, 0.15) is 22.3 Å². The fourth-order valence-corrected chi connectivity index (χ4v) is 2.77. The van der Waals surface area contributed by atoms with Crippen molar-refractivity contribution in [2.24, 2.45) is 0 Å². The Balaban J connectivity index is 2.36. The van der Waals surface area contributed by atoms with E-state index in [0.29, 0.717) is 27.7 Å². The lowest BCUT2D eigenvalue weighted by molar-refractivity contribution is 0.0519. The molecule has 0 unspecified atom stereocenters. The van der Waals surface area contributed by atoms with Crippen LogP contribution in [0.25, 0.3) is 10.8 Å². The molecule has 0 spiro atoms. The molecule has 0 radical (unpaired) electrons. The van der Waals surface area contributed by atoms with Gasteiger partial charge in [-0.15, -0.1) is 11.3 Å². The molecule has 0 saturated heterocycles. The molecule has 2 aromatic heterocycles. The number of rotatable bonds is 3. The Morgan fingerprint density at radius 1 is 1.56 bits per heavy atom. The fourth-order valence-electron chi connectivity index (χ4n) is 1.34. The molecule has 0 atom stereocenters. The van der Waals surface area contributed by atoms with Gasteiger partial charge in [0.1, 0.15) is 0 Å². The van der Waals surface area contributed by atoms with Crippen molar-refractivity contribution < 1.29 is 13.9 Å². The molecule has 0 aliphatic rings. The molecule has 0 aliphatic carbocycles. The second-order valence-electron chi connectivity index (χ2n) is 3.38. The van der Waals surface area contributed by atoms with E-state index in [1.807, 2.05) is 6.92 Å². The van der Waals surface area contributed by atoms with Gasteiger partial charge in [-0.25, -0.2) is 9.78 Å². The lowest BCUT2D eigenvalue weighted by atomic mass is 10.4. The number of esters is 1. The van der Waals surface area contributed by atoms with E-state index in [9.17, 15) is 4.79 Å². The summed E-state index contributed by atoms with van der Waals surface area (Å²) >= 11 is 8.00. The molecule has 0 fully saturated rings. The van der Waals surface area contributed by atoms with Crippen molar-refractivity contribution in [1.29, 1.82) is 0 Å². The zero-order chi connectivity index (χ0) is 13.3. The molecule has 0 saturated carbocycles. The fraction of sp³-hybridized carbons (Fsp3) is 0.273. The van der Waals surface area contributed by atoms with E-state index in [1.54, 1.807) is 13.0 Å². The Labute approximate surface area is 125 Å². The minimum Gasteiger partial charge on any atom is -0.461 e. The van der Waals surface area contributed by atoms with Gasteiger partial charge in [0.15, 0.2) is 21.1 Å². The number of ether oxygens (including phenoxy) is 1. The third-order valence-electron chi connectivity index (χ3n) is 2.12. The largest absolute Gasteiger partial charge is 0.461 e. The van der Waals surface area contributed by atoms with Gasteiger partial charge in [-0.2, -0.15) is 0 Å². The third kappa shape index (κ3) is 2.67. The van der Waals surface area contributed by atoms with Gasteiger partial charge in [-0.1, -0.05) is 0 Å². The Kier molecular flexibility index (Phi) is 4.24. The molecule has 4 nitrogen and oxygen atoms in total. The van der Waals surface area contributed by atoms with E-state index in [-0.39, 0.29) is 0 Å². The van der Waals surface area contributed by atoms with E-state index in [0.717, 1.165) is 9.35 Å². The average molecular weight is 395 g/mol. The quantitative estimate of drug-likeness (QED) is 0.723. The summed E-state index contributed by atoms with van der Waals surface area (Å²) in [7, 11) is 0. The smallest absolute Gasteiger partial charge is 0.358 e. The SMILES string of the molecule is CCOC(=O)c1nc(-c2cc(Br)c(Br)o2)sc1C. The number of nitrogens with zero attached hydrogens (tertiary/aromatic N) is 1. The van der Waals surface area contributed by atoms with Gasteiger partial charge in [-0.05, 0) is 45.7 Å². The van der Waals surface area contributed by atoms with Crippen molar-refractivity contribution in [3.63, 3.8) is 0 Å². The van der Waals surface area contributed by atoms with Crippen LogP contribution in [0.15, 0.2) is 19.6 Å². The molecule has 18 heavy (non-hydrogen) atoms. The topological polar surface area (TPSA) is 52.3 Å². The van der Waals surface area contributed by atoms with Crippen LogP contribution in [-0.2, 0) is 4.74 Å². The van der Waals surface area contributed by atoms with Crippen LogP contribution in [0.3, 0.4) is 0 Å². The van der Waals surface area contributed by atoms with Crippen LogP contribution in [-0.4, -0.2) is 17.6 Å². The Morgan fingerprint density at radius 2 is 2.28 bits per heavy atom. The molecule has 2 heterocycles. The van der Waals surface area contributed by atoms with Gasteiger partial charge in [0, 0.05) is 10.9 Å². The lowest BCUT2D eigenvalue weighted by Gasteiger charge is -1.97. The predicted molar refractivity (Wildman–Crippen MR) is 75.9 cm³/mol. The number of hydrogen-bond donors (Lipinski definition) is 0. The minimum absolute atomic E-state index is 0.336. The van der Waals surface area contributed by atoms with E-state index in [1.165, 1.54) is 11.3 Å². The van der Waals surface area contributed by atoms with Gasteiger partial charge >= 0.3 is 5.97 Å². The van der Waals surface area contributed by atoms with Gasteiger partial charge in [0.25, 0.3) is 0 Å². The maximum Gasteiger partial charge on any atom is 0.358 e. The molecule has 0 aromatic carbocycles. The molecular formula is C11H9Br2NO3S. The number of carbonyl (C=O) groups is 1. The van der Waals surface area contributed by atoms with Crippen LogP contribution in [0.5, 0.6) is 0 Å². The highest BCUT2D eigenvalue weighted by Crippen LogP contribution is 2.35. The summed E-state index contributed by atoms with van der Waals surface area (Å²) in [5.74, 6) is 0.208.